The van der Waals surface area contributed by atoms with Gasteiger partial charge < -0.3 is 10.3 Å². The van der Waals surface area contributed by atoms with Crippen LogP contribution in [0.5, 0.6) is 0 Å². The molecule has 2 N–H and O–H groups in total. The summed E-state index contributed by atoms with van der Waals surface area (Å²) in [4.78, 5) is 24.3. The van der Waals surface area contributed by atoms with Crippen LogP contribution in [0, 0.1) is 0 Å². The van der Waals surface area contributed by atoms with Crippen LogP contribution >= 0.6 is 0 Å². The van der Waals surface area contributed by atoms with E-state index in [1.165, 1.54) is 24.1 Å². The minimum Gasteiger partial charge on any atom is -0.345 e. The molecule has 0 saturated heterocycles. The second-order valence-corrected chi connectivity index (χ2v) is 9.35. The second kappa shape index (κ2) is 10.3. The van der Waals surface area contributed by atoms with E-state index in [0.29, 0.717) is 24.7 Å². The number of nitrogens with zero attached hydrogens (tertiary/aromatic N) is 7. The minimum atomic E-state index is -0.262. The highest BCUT2D eigenvalue weighted by Gasteiger charge is 2.30. The third-order valence-corrected chi connectivity index (χ3v) is 6.59. The molecule has 186 valence electrons. The maximum absolute atomic E-state index is 12.4. The number of fused-ring (bicyclic) bond motifs is 1. The summed E-state index contributed by atoms with van der Waals surface area (Å²) in [5.41, 5.74) is 6.56. The van der Waals surface area contributed by atoms with Gasteiger partial charge in [0.1, 0.15) is 0 Å². The number of pyridine rings is 2. The fourth-order valence-corrected chi connectivity index (χ4v) is 4.54. The highest BCUT2D eigenvalue weighted by Crippen LogP contribution is 2.46. The van der Waals surface area contributed by atoms with E-state index in [4.69, 9.17) is 0 Å². The van der Waals surface area contributed by atoms with Crippen molar-refractivity contribution in [2.75, 3.05) is 0 Å². The number of carbonyl (C=O) groups excluding carboxylic acids is 1. The lowest BCUT2D eigenvalue weighted by atomic mass is 10.0. The Bertz CT molecular complexity index is 1510. The van der Waals surface area contributed by atoms with Gasteiger partial charge in [-0.15, -0.1) is 10.2 Å². The molecule has 5 aromatic rings. The van der Waals surface area contributed by atoms with Crippen LogP contribution in [0.1, 0.15) is 59.2 Å². The monoisotopic (exact) mass is 493 g/mol. The Labute approximate surface area is 213 Å². The van der Waals surface area contributed by atoms with Gasteiger partial charge in [0.2, 0.25) is 0 Å². The molecule has 1 aliphatic rings. The largest absolute Gasteiger partial charge is 0.345 e. The van der Waals surface area contributed by atoms with Crippen molar-refractivity contribution < 1.29 is 4.79 Å². The van der Waals surface area contributed by atoms with Crippen LogP contribution in [-0.4, -0.2) is 46.1 Å². The number of aromatic amines is 1. The molecule has 1 aliphatic carbocycles. The summed E-state index contributed by atoms with van der Waals surface area (Å²) < 4.78 is 1.71. The zero-order valence-electron chi connectivity index (χ0n) is 20.3. The number of aryl methyl sites for hydroxylation is 2. The molecule has 1 fully saturated rings. The molecule has 0 radical (unpaired) electrons. The van der Waals surface area contributed by atoms with Crippen LogP contribution in [0.4, 0.5) is 0 Å². The summed E-state index contributed by atoms with van der Waals surface area (Å²) in [6.07, 6.45) is 12.1. The van der Waals surface area contributed by atoms with Gasteiger partial charge in [0.05, 0.1) is 24.1 Å². The first-order valence-electron chi connectivity index (χ1n) is 12.6. The highest BCUT2D eigenvalue weighted by atomic mass is 16.2. The normalized spacial score (nSPS) is 13.2. The van der Waals surface area contributed by atoms with Crippen LogP contribution in [0.3, 0.4) is 0 Å². The van der Waals surface area contributed by atoms with Gasteiger partial charge >= 0.3 is 0 Å². The van der Waals surface area contributed by atoms with Gasteiger partial charge in [-0.05, 0) is 73.9 Å². The Morgan fingerprint density at radius 3 is 2.73 bits per heavy atom. The molecule has 10 nitrogen and oxygen atoms in total. The molecule has 37 heavy (non-hydrogen) atoms. The maximum atomic E-state index is 12.4. The lowest BCUT2D eigenvalue weighted by molar-refractivity contribution is 0.0945. The van der Waals surface area contributed by atoms with Crippen LogP contribution in [0.2, 0.25) is 0 Å². The quantitative estimate of drug-likeness (QED) is 0.283. The first kappa shape index (κ1) is 23.0. The van der Waals surface area contributed by atoms with Crippen molar-refractivity contribution in [3.63, 3.8) is 0 Å². The van der Waals surface area contributed by atoms with E-state index in [1.807, 2.05) is 30.6 Å². The number of carbonyl (C=O) groups is 1. The molecule has 0 aromatic carbocycles. The molecular formula is C27H27N9O. The van der Waals surface area contributed by atoms with Gasteiger partial charge in [0.15, 0.2) is 11.3 Å². The Hall–Kier alpha value is -4.47. The van der Waals surface area contributed by atoms with E-state index in [9.17, 15) is 4.79 Å². The summed E-state index contributed by atoms with van der Waals surface area (Å²) in [6.45, 7) is 1.03. The Morgan fingerprint density at radius 1 is 1.03 bits per heavy atom. The van der Waals surface area contributed by atoms with E-state index in [1.54, 1.807) is 17.1 Å². The number of nitrogens with one attached hydrogen (secondary N) is 2. The molecule has 1 amide bonds. The van der Waals surface area contributed by atoms with Gasteiger partial charge in [-0.25, -0.2) is 0 Å². The van der Waals surface area contributed by atoms with Crippen molar-refractivity contribution in [3.8, 4) is 11.1 Å². The van der Waals surface area contributed by atoms with Crippen LogP contribution < -0.4 is 5.32 Å². The topological polar surface area (TPSA) is 127 Å². The van der Waals surface area contributed by atoms with Crippen LogP contribution in [-0.2, 0) is 19.5 Å². The van der Waals surface area contributed by atoms with Gasteiger partial charge in [-0.2, -0.15) is 5.10 Å². The van der Waals surface area contributed by atoms with Gasteiger partial charge in [0, 0.05) is 41.8 Å². The molecule has 10 heteroatoms. The molecule has 0 unspecified atom stereocenters. The van der Waals surface area contributed by atoms with E-state index in [2.05, 4.69) is 59.0 Å². The molecular weight excluding hydrogens is 466 g/mol. The fourth-order valence-electron chi connectivity index (χ4n) is 4.54. The number of amides is 1. The summed E-state index contributed by atoms with van der Waals surface area (Å²) in [6, 6.07) is 11.9. The first-order chi connectivity index (χ1) is 18.2. The third-order valence-electron chi connectivity index (χ3n) is 6.59. The van der Waals surface area contributed by atoms with Crippen molar-refractivity contribution in [1.82, 2.24) is 45.5 Å². The average Bonchev–Trinajstić information content (AvgIpc) is 3.56. The molecule has 5 heterocycles. The van der Waals surface area contributed by atoms with E-state index >= 15 is 0 Å². The van der Waals surface area contributed by atoms with Gasteiger partial charge in [-0.1, -0.05) is 11.3 Å². The van der Waals surface area contributed by atoms with Crippen molar-refractivity contribution in [1.29, 1.82) is 0 Å². The average molecular weight is 494 g/mol. The third kappa shape index (κ3) is 5.23. The van der Waals surface area contributed by atoms with Crippen molar-refractivity contribution in [3.05, 3.63) is 84.0 Å². The SMILES string of the molecule is O=C(NCc1ccccn1)c1cn(CCCCc2cc3c(-c4ccncc4)c(C4CC4)[nH]c3nn2)nn1. The summed E-state index contributed by atoms with van der Waals surface area (Å²) in [5.74, 6) is 0.313. The lowest BCUT2D eigenvalue weighted by Crippen LogP contribution is -2.23. The minimum absolute atomic E-state index is 0.262. The zero-order valence-corrected chi connectivity index (χ0v) is 20.3. The summed E-state index contributed by atoms with van der Waals surface area (Å²) in [5, 5.41) is 21.0. The van der Waals surface area contributed by atoms with Gasteiger partial charge in [-0.3, -0.25) is 19.4 Å². The molecule has 1 saturated carbocycles. The Balaban J connectivity index is 1.06. The molecule has 5 aromatic heterocycles. The Morgan fingerprint density at radius 2 is 1.92 bits per heavy atom. The smallest absolute Gasteiger partial charge is 0.273 e. The molecule has 6 rings (SSSR count). The van der Waals surface area contributed by atoms with Crippen LogP contribution in [0.15, 0.2) is 61.2 Å². The van der Waals surface area contributed by atoms with Gasteiger partial charge in [0.25, 0.3) is 5.91 Å². The summed E-state index contributed by atoms with van der Waals surface area (Å²) in [7, 11) is 0. The predicted octanol–water partition coefficient (Wildman–Crippen LogP) is 3.84. The van der Waals surface area contributed by atoms with Crippen molar-refractivity contribution >= 4 is 16.9 Å². The van der Waals surface area contributed by atoms with E-state index in [0.717, 1.165) is 47.2 Å². The molecule has 0 bridgehead atoms. The number of aromatic nitrogens is 8. The molecule has 0 aliphatic heterocycles. The molecule has 0 spiro atoms. The number of rotatable bonds is 10. The second-order valence-electron chi connectivity index (χ2n) is 9.35. The maximum Gasteiger partial charge on any atom is 0.273 e. The fraction of sp³-hybridized carbons (Fsp3) is 0.296. The number of unbranched alkanes of at least 4 members (excludes halogenated alkanes) is 1. The molecule has 0 atom stereocenters. The number of hydrogen-bond acceptors (Lipinski definition) is 7. The Kier molecular flexibility index (Phi) is 6.36. The standard InChI is InChI=1S/C27H27N9O/c37-27(30-16-21-6-1-3-11-29-21)23-17-36(35-33-23)14-4-2-5-20-15-22-24(18-9-12-28-13-10-18)25(19-7-8-19)31-26(22)34-32-20/h1,3,6,9-13,15,17,19H,2,4-5,7-8,14,16H2,(H,30,37)(H,31,34). The number of H-pyrrole nitrogens is 1. The van der Waals surface area contributed by atoms with Crippen molar-refractivity contribution in [2.45, 2.75) is 51.1 Å². The number of hydrogen-bond donors (Lipinski definition) is 2. The van der Waals surface area contributed by atoms with Crippen LogP contribution in [0.25, 0.3) is 22.2 Å². The lowest BCUT2D eigenvalue weighted by Gasteiger charge is -2.05. The summed E-state index contributed by atoms with van der Waals surface area (Å²) >= 11 is 0. The zero-order chi connectivity index (χ0) is 25.0. The van der Waals surface area contributed by atoms with E-state index < -0.39 is 0 Å². The highest BCUT2D eigenvalue weighted by molar-refractivity contribution is 5.96. The predicted molar refractivity (Wildman–Crippen MR) is 137 cm³/mol. The first-order valence-corrected chi connectivity index (χ1v) is 12.6. The van der Waals surface area contributed by atoms with E-state index in [-0.39, 0.29) is 5.91 Å². The van der Waals surface area contributed by atoms with Crippen molar-refractivity contribution in [2.24, 2.45) is 0 Å².